The van der Waals surface area contributed by atoms with Gasteiger partial charge in [0.2, 0.25) is 10.0 Å². The molecule has 1 aliphatic rings. The maximum Gasteiger partial charge on any atom is 0.251 e. The summed E-state index contributed by atoms with van der Waals surface area (Å²) < 4.78 is 28.1. The van der Waals surface area contributed by atoms with E-state index in [2.05, 4.69) is 10.0 Å². The number of aryl methyl sites for hydroxylation is 1. The summed E-state index contributed by atoms with van der Waals surface area (Å²) in [7, 11) is -3.74. The fraction of sp³-hybridized carbons (Fsp3) is 0.350. The third-order valence-corrected chi connectivity index (χ3v) is 6.35. The quantitative estimate of drug-likeness (QED) is 0.606. The van der Waals surface area contributed by atoms with E-state index in [1.807, 2.05) is 30.3 Å². The molecule has 0 heterocycles. The van der Waals surface area contributed by atoms with Gasteiger partial charge in [0.05, 0.1) is 4.90 Å². The molecule has 0 aliphatic heterocycles. The molecular formula is C20H26ClN3O3S. The van der Waals surface area contributed by atoms with Crippen molar-refractivity contribution in [2.45, 2.75) is 37.2 Å². The minimum Gasteiger partial charge on any atom is -0.348 e. The second-order valence-corrected chi connectivity index (χ2v) is 8.68. The fourth-order valence-electron chi connectivity index (χ4n) is 3.00. The van der Waals surface area contributed by atoms with Crippen LogP contribution in [0.4, 0.5) is 0 Å². The highest BCUT2D eigenvalue weighted by atomic mass is 35.5. The summed E-state index contributed by atoms with van der Waals surface area (Å²) in [4.78, 5) is 12.6. The zero-order valence-electron chi connectivity index (χ0n) is 15.7. The predicted octanol–water partition coefficient (Wildman–Crippen LogP) is 2.36. The zero-order chi connectivity index (χ0) is 19.4. The smallest absolute Gasteiger partial charge is 0.251 e. The molecule has 0 saturated heterocycles. The van der Waals surface area contributed by atoms with Crippen LogP contribution < -0.4 is 15.8 Å². The largest absolute Gasteiger partial charge is 0.348 e. The normalized spacial score (nSPS) is 14.8. The van der Waals surface area contributed by atoms with E-state index in [-0.39, 0.29) is 35.8 Å². The van der Waals surface area contributed by atoms with E-state index in [4.69, 9.17) is 5.73 Å². The number of amides is 1. The molecule has 0 radical (unpaired) electrons. The average Bonchev–Trinajstić information content (AvgIpc) is 3.50. The Kier molecular flexibility index (Phi) is 7.60. The molecule has 1 fully saturated rings. The molecule has 28 heavy (non-hydrogen) atoms. The Morgan fingerprint density at radius 1 is 1.18 bits per heavy atom. The molecule has 1 atom stereocenters. The van der Waals surface area contributed by atoms with Crippen LogP contribution in [0.15, 0.2) is 53.4 Å². The van der Waals surface area contributed by atoms with E-state index in [1.165, 1.54) is 6.07 Å². The van der Waals surface area contributed by atoms with Crippen molar-refractivity contribution in [1.29, 1.82) is 0 Å². The van der Waals surface area contributed by atoms with Gasteiger partial charge in [0, 0.05) is 24.7 Å². The van der Waals surface area contributed by atoms with Crippen molar-refractivity contribution < 1.29 is 13.2 Å². The van der Waals surface area contributed by atoms with Gasteiger partial charge in [0.15, 0.2) is 0 Å². The van der Waals surface area contributed by atoms with Crippen molar-refractivity contribution >= 4 is 28.3 Å². The van der Waals surface area contributed by atoms with Gasteiger partial charge in [0.1, 0.15) is 0 Å². The van der Waals surface area contributed by atoms with Gasteiger partial charge in [-0.2, -0.15) is 0 Å². The lowest BCUT2D eigenvalue weighted by molar-refractivity contribution is 0.0933. The number of halogens is 1. The monoisotopic (exact) mass is 423 g/mol. The predicted molar refractivity (Wildman–Crippen MR) is 112 cm³/mol. The van der Waals surface area contributed by atoms with E-state index < -0.39 is 10.0 Å². The van der Waals surface area contributed by atoms with Crippen molar-refractivity contribution in [3.05, 3.63) is 65.2 Å². The molecule has 3 rings (SSSR count). The summed E-state index contributed by atoms with van der Waals surface area (Å²) >= 11 is 0. The maximum absolute atomic E-state index is 12.7. The Labute approximate surface area is 172 Å². The Bertz CT molecular complexity index is 916. The third-order valence-electron chi connectivity index (χ3n) is 4.81. The molecule has 0 spiro atoms. The Balaban J connectivity index is 0.00000280. The van der Waals surface area contributed by atoms with Crippen LogP contribution in [-0.4, -0.2) is 26.9 Å². The number of sulfonamides is 1. The topological polar surface area (TPSA) is 101 Å². The molecule has 1 aliphatic carbocycles. The van der Waals surface area contributed by atoms with Gasteiger partial charge in [0.25, 0.3) is 5.91 Å². The molecule has 1 saturated carbocycles. The second-order valence-electron chi connectivity index (χ2n) is 6.94. The standard InChI is InChI=1S/C20H25N3O3S.ClH/c1-14-7-8-17(20(24)23-18(12-21)16-9-10-16)11-19(14)27(25,26)22-13-15-5-3-2-4-6-15;/h2-8,11,16,18,22H,9-10,12-13,21H2,1H3,(H,23,24);1H. The first kappa shape index (κ1) is 22.4. The van der Waals surface area contributed by atoms with Crippen LogP contribution in [0.1, 0.15) is 34.3 Å². The van der Waals surface area contributed by atoms with Crippen molar-refractivity contribution in [3.63, 3.8) is 0 Å². The fourth-order valence-corrected chi connectivity index (χ4v) is 4.29. The van der Waals surface area contributed by atoms with Crippen molar-refractivity contribution in [1.82, 2.24) is 10.0 Å². The average molecular weight is 424 g/mol. The highest BCUT2D eigenvalue weighted by Gasteiger charge is 2.31. The number of carbonyl (C=O) groups excluding carboxylic acids is 1. The summed E-state index contributed by atoms with van der Waals surface area (Å²) in [6.45, 7) is 2.29. The number of hydrogen-bond acceptors (Lipinski definition) is 4. The van der Waals surface area contributed by atoms with E-state index in [0.29, 0.717) is 23.6 Å². The summed E-state index contributed by atoms with van der Waals surface area (Å²) in [6, 6.07) is 13.9. The van der Waals surface area contributed by atoms with Gasteiger partial charge < -0.3 is 11.1 Å². The number of carbonyl (C=O) groups is 1. The van der Waals surface area contributed by atoms with E-state index in [9.17, 15) is 13.2 Å². The lowest BCUT2D eigenvalue weighted by Gasteiger charge is -2.17. The van der Waals surface area contributed by atoms with Gasteiger partial charge in [-0.25, -0.2) is 13.1 Å². The number of rotatable bonds is 8. The minimum absolute atomic E-state index is 0. The number of nitrogens with one attached hydrogen (secondary N) is 2. The highest BCUT2D eigenvalue weighted by Crippen LogP contribution is 2.32. The molecule has 4 N–H and O–H groups in total. The van der Waals surface area contributed by atoms with Crippen LogP contribution in [0.5, 0.6) is 0 Å². The second kappa shape index (κ2) is 9.52. The van der Waals surface area contributed by atoms with Crippen LogP contribution in [0.25, 0.3) is 0 Å². The zero-order valence-corrected chi connectivity index (χ0v) is 17.4. The maximum atomic E-state index is 12.7. The van der Waals surface area contributed by atoms with Gasteiger partial charge in [-0.1, -0.05) is 36.4 Å². The molecule has 6 nitrogen and oxygen atoms in total. The molecule has 8 heteroatoms. The van der Waals surface area contributed by atoms with Crippen LogP contribution in [-0.2, 0) is 16.6 Å². The molecule has 0 aromatic heterocycles. The van der Waals surface area contributed by atoms with Gasteiger partial charge in [-0.15, -0.1) is 12.4 Å². The number of nitrogens with two attached hydrogens (primary N) is 1. The van der Waals surface area contributed by atoms with E-state index in [1.54, 1.807) is 19.1 Å². The minimum atomic E-state index is -3.74. The van der Waals surface area contributed by atoms with Crippen LogP contribution in [0, 0.1) is 12.8 Å². The number of benzene rings is 2. The molecule has 152 valence electrons. The van der Waals surface area contributed by atoms with Gasteiger partial charge >= 0.3 is 0 Å². The lowest BCUT2D eigenvalue weighted by Crippen LogP contribution is -2.41. The highest BCUT2D eigenvalue weighted by molar-refractivity contribution is 7.89. The van der Waals surface area contributed by atoms with Crippen molar-refractivity contribution in [2.75, 3.05) is 6.54 Å². The molecular weight excluding hydrogens is 398 g/mol. The first-order valence-corrected chi connectivity index (χ1v) is 10.5. The third kappa shape index (κ3) is 5.54. The van der Waals surface area contributed by atoms with E-state index >= 15 is 0 Å². The Morgan fingerprint density at radius 2 is 1.86 bits per heavy atom. The Hall–Kier alpha value is -1.93. The molecule has 1 amide bonds. The van der Waals surface area contributed by atoms with Crippen molar-refractivity contribution in [3.8, 4) is 0 Å². The molecule has 1 unspecified atom stereocenters. The van der Waals surface area contributed by atoms with Gasteiger partial charge in [-0.05, 0) is 48.9 Å². The lowest BCUT2D eigenvalue weighted by atomic mass is 10.1. The van der Waals surface area contributed by atoms with Crippen LogP contribution >= 0.6 is 12.4 Å². The summed E-state index contributed by atoms with van der Waals surface area (Å²) in [5.41, 5.74) is 7.51. The summed E-state index contributed by atoms with van der Waals surface area (Å²) in [6.07, 6.45) is 2.14. The summed E-state index contributed by atoms with van der Waals surface area (Å²) in [5, 5.41) is 2.92. The SMILES string of the molecule is Cc1ccc(C(=O)NC(CN)C2CC2)cc1S(=O)(=O)NCc1ccccc1.Cl. The summed E-state index contributed by atoms with van der Waals surface area (Å²) in [5.74, 6) is 0.136. The van der Waals surface area contributed by atoms with Gasteiger partial charge in [-0.3, -0.25) is 4.79 Å². The van der Waals surface area contributed by atoms with Crippen molar-refractivity contribution in [2.24, 2.45) is 11.7 Å². The first-order valence-electron chi connectivity index (χ1n) is 9.06. The van der Waals surface area contributed by atoms with Crippen LogP contribution in [0.2, 0.25) is 0 Å². The van der Waals surface area contributed by atoms with E-state index in [0.717, 1.165) is 18.4 Å². The molecule has 0 bridgehead atoms. The molecule has 2 aromatic rings. The first-order chi connectivity index (χ1) is 12.9. The number of hydrogen-bond donors (Lipinski definition) is 3. The Morgan fingerprint density at radius 3 is 2.46 bits per heavy atom. The molecule has 2 aromatic carbocycles. The van der Waals surface area contributed by atoms with Crippen LogP contribution in [0.3, 0.4) is 0 Å².